The summed E-state index contributed by atoms with van der Waals surface area (Å²) in [6.45, 7) is 1.18. The van der Waals surface area contributed by atoms with Crippen LogP contribution in [0.5, 0.6) is 11.5 Å². The summed E-state index contributed by atoms with van der Waals surface area (Å²) in [5.41, 5.74) is 2.04. The first-order chi connectivity index (χ1) is 14.5. The van der Waals surface area contributed by atoms with Crippen molar-refractivity contribution >= 4 is 29.3 Å². The molecule has 2 amide bonds. The summed E-state index contributed by atoms with van der Waals surface area (Å²) in [5.74, 6) is 2.03. The van der Waals surface area contributed by atoms with Crippen molar-refractivity contribution < 1.29 is 19.1 Å². The molecule has 0 unspecified atom stereocenters. The molecule has 0 aromatic heterocycles. The number of rotatable bonds is 9. The van der Waals surface area contributed by atoms with Crippen molar-refractivity contribution in [2.45, 2.75) is 24.2 Å². The van der Waals surface area contributed by atoms with Crippen LogP contribution >= 0.6 is 11.8 Å². The Kier molecular flexibility index (Phi) is 7.63. The van der Waals surface area contributed by atoms with E-state index in [1.54, 1.807) is 30.9 Å². The molecule has 6 nitrogen and oxygen atoms in total. The lowest BCUT2D eigenvalue weighted by atomic mass is 10.1. The summed E-state index contributed by atoms with van der Waals surface area (Å²) in [4.78, 5) is 29.5. The van der Waals surface area contributed by atoms with Gasteiger partial charge in [-0.1, -0.05) is 18.2 Å². The van der Waals surface area contributed by atoms with Crippen molar-refractivity contribution in [2.24, 2.45) is 0 Å². The average Bonchev–Trinajstić information content (AvgIpc) is 2.78. The van der Waals surface area contributed by atoms with Gasteiger partial charge in [-0.2, -0.15) is 0 Å². The number of para-hydroxylation sites is 1. The minimum absolute atomic E-state index is 0.0857. The van der Waals surface area contributed by atoms with Crippen LogP contribution in [0.25, 0.3) is 0 Å². The lowest BCUT2D eigenvalue weighted by Crippen LogP contribution is -2.37. The van der Waals surface area contributed by atoms with E-state index in [1.165, 1.54) is 0 Å². The van der Waals surface area contributed by atoms with Crippen LogP contribution in [0.1, 0.15) is 18.4 Å². The molecule has 0 spiro atoms. The van der Waals surface area contributed by atoms with Crippen molar-refractivity contribution in [3.05, 3.63) is 48.0 Å². The van der Waals surface area contributed by atoms with Gasteiger partial charge in [-0.3, -0.25) is 9.59 Å². The predicted octanol–water partition coefficient (Wildman–Crippen LogP) is 3.62. The van der Waals surface area contributed by atoms with E-state index >= 15 is 0 Å². The molecule has 30 heavy (non-hydrogen) atoms. The monoisotopic (exact) mass is 428 g/mol. The third-order valence-electron chi connectivity index (χ3n) is 5.19. The fourth-order valence-electron chi connectivity index (χ4n) is 3.44. The van der Waals surface area contributed by atoms with Gasteiger partial charge in [0.15, 0.2) is 11.5 Å². The molecule has 0 bridgehead atoms. The molecule has 1 heterocycles. The number of nitrogens with zero attached hydrogens (tertiary/aromatic N) is 2. The van der Waals surface area contributed by atoms with Gasteiger partial charge in [0.1, 0.15) is 0 Å². The largest absolute Gasteiger partial charge is 0.493 e. The Labute approximate surface area is 182 Å². The highest BCUT2D eigenvalue weighted by Gasteiger charge is 2.24. The molecule has 0 aliphatic carbocycles. The number of methoxy groups -OCH3 is 2. The van der Waals surface area contributed by atoms with E-state index in [-0.39, 0.29) is 11.8 Å². The Balaban J connectivity index is 1.48. The van der Waals surface area contributed by atoms with Gasteiger partial charge in [-0.15, -0.1) is 11.8 Å². The van der Waals surface area contributed by atoms with Gasteiger partial charge in [0, 0.05) is 31.5 Å². The Bertz CT molecular complexity index is 903. The highest BCUT2D eigenvalue weighted by atomic mass is 32.2. The van der Waals surface area contributed by atoms with Gasteiger partial charge in [-0.25, -0.2) is 0 Å². The SMILES string of the molecule is COc1ccc(CCN(C)C(=O)CCCN2C(=O)CSc3ccccc32)cc1OC. The van der Waals surface area contributed by atoms with Gasteiger partial charge in [0.2, 0.25) is 11.8 Å². The molecule has 0 saturated carbocycles. The van der Waals surface area contributed by atoms with Crippen molar-refractivity contribution in [3.8, 4) is 11.5 Å². The maximum atomic E-state index is 12.5. The maximum absolute atomic E-state index is 12.5. The minimum atomic E-state index is 0.0857. The zero-order valence-corrected chi connectivity index (χ0v) is 18.5. The molecular formula is C23H28N2O4S. The fraction of sp³-hybridized carbons (Fsp3) is 0.391. The second-order valence-electron chi connectivity index (χ2n) is 7.16. The number of fused-ring (bicyclic) bond motifs is 1. The topological polar surface area (TPSA) is 59.1 Å². The number of hydrogen-bond acceptors (Lipinski definition) is 5. The van der Waals surface area contributed by atoms with Crippen molar-refractivity contribution in [1.82, 2.24) is 4.90 Å². The van der Waals surface area contributed by atoms with Crippen LogP contribution in [-0.2, 0) is 16.0 Å². The lowest BCUT2D eigenvalue weighted by Gasteiger charge is -2.29. The first kappa shape index (κ1) is 22.0. The lowest BCUT2D eigenvalue weighted by molar-refractivity contribution is -0.130. The molecular weight excluding hydrogens is 400 g/mol. The molecule has 7 heteroatoms. The number of anilines is 1. The van der Waals surface area contributed by atoms with Gasteiger partial charge < -0.3 is 19.3 Å². The maximum Gasteiger partial charge on any atom is 0.237 e. The van der Waals surface area contributed by atoms with Crippen LogP contribution in [0.15, 0.2) is 47.4 Å². The Morgan fingerprint density at radius 3 is 2.67 bits per heavy atom. The molecule has 0 N–H and O–H groups in total. The number of hydrogen-bond donors (Lipinski definition) is 0. The van der Waals surface area contributed by atoms with Gasteiger partial charge >= 0.3 is 0 Å². The molecule has 3 rings (SSSR count). The molecule has 2 aromatic carbocycles. The molecule has 1 aliphatic heterocycles. The molecule has 1 aliphatic rings. The third-order valence-corrected chi connectivity index (χ3v) is 6.24. The van der Waals surface area contributed by atoms with Crippen molar-refractivity contribution in [2.75, 3.05) is 45.0 Å². The van der Waals surface area contributed by atoms with E-state index in [0.29, 0.717) is 43.2 Å². The Morgan fingerprint density at radius 2 is 1.90 bits per heavy atom. The number of amides is 2. The van der Waals surface area contributed by atoms with Crippen molar-refractivity contribution in [3.63, 3.8) is 0 Å². The zero-order valence-electron chi connectivity index (χ0n) is 17.7. The summed E-state index contributed by atoms with van der Waals surface area (Å²) in [7, 11) is 5.04. The third kappa shape index (κ3) is 5.27. The highest BCUT2D eigenvalue weighted by molar-refractivity contribution is 8.00. The van der Waals surface area contributed by atoms with Crippen LogP contribution in [-0.4, -0.2) is 56.8 Å². The first-order valence-electron chi connectivity index (χ1n) is 10.0. The molecule has 0 saturated heterocycles. The van der Waals surface area contributed by atoms with E-state index in [4.69, 9.17) is 9.47 Å². The second kappa shape index (κ2) is 10.4. The minimum Gasteiger partial charge on any atom is -0.493 e. The second-order valence-corrected chi connectivity index (χ2v) is 8.18. The van der Waals surface area contributed by atoms with Crippen LogP contribution in [0.4, 0.5) is 5.69 Å². The molecule has 160 valence electrons. The smallest absolute Gasteiger partial charge is 0.237 e. The Hall–Kier alpha value is -2.67. The summed E-state index contributed by atoms with van der Waals surface area (Å²) in [6.07, 6.45) is 1.80. The average molecular weight is 429 g/mol. The van der Waals surface area contributed by atoms with Crippen LogP contribution in [0.2, 0.25) is 0 Å². The van der Waals surface area contributed by atoms with E-state index in [0.717, 1.165) is 22.6 Å². The Morgan fingerprint density at radius 1 is 1.13 bits per heavy atom. The molecule has 2 aromatic rings. The van der Waals surface area contributed by atoms with E-state index < -0.39 is 0 Å². The normalized spacial score (nSPS) is 13.0. The number of carbonyl (C=O) groups excluding carboxylic acids is 2. The van der Waals surface area contributed by atoms with E-state index in [1.807, 2.05) is 54.4 Å². The number of carbonyl (C=O) groups is 2. The number of benzene rings is 2. The summed E-state index contributed by atoms with van der Waals surface area (Å²) >= 11 is 1.57. The van der Waals surface area contributed by atoms with Crippen LogP contribution < -0.4 is 14.4 Å². The quantitative estimate of drug-likeness (QED) is 0.611. The summed E-state index contributed by atoms with van der Waals surface area (Å²) in [5, 5.41) is 0. The van der Waals surface area contributed by atoms with Crippen LogP contribution in [0.3, 0.4) is 0 Å². The first-order valence-corrected chi connectivity index (χ1v) is 11.0. The highest BCUT2D eigenvalue weighted by Crippen LogP contribution is 2.35. The van der Waals surface area contributed by atoms with Crippen molar-refractivity contribution in [1.29, 1.82) is 0 Å². The van der Waals surface area contributed by atoms with Gasteiger partial charge in [0.05, 0.1) is 25.7 Å². The number of likely N-dealkylation sites (N-methyl/N-ethyl adjacent to an activating group) is 1. The molecule has 0 fully saturated rings. The fourth-order valence-corrected chi connectivity index (χ4v) is 4.37. The summed E-state index contributed by atoms with van der Waals surface area (Å²) in [6, 6.07) is 13.7. The van der Waals surface area contributed by atoms with E-state index in [2.05, 4.69) is 0 Å². The summed E-state index contributed by atoms with van der Waals surface area (Å²) < 4.78 is 10.6. The molecule has 0 atom stereocenters. The van der Waals surface area contributed by atoms with Gasteiger partial charge in [-0.05, 0) is 42.7 Å². The number of ether oxygens (including phenoxy) is 2. The van der Waals surface area contributed by atoms with E-state index in [9.17, 15) is 9.59 Å². The number of thioether (sulfide) groups is 1. The van der Waals surface area contributed by atoms with Gasteiger partial charge in [0.25, 0.3) is 0 Å². The zero-order chi connectivity index (χ0) is 21.5. The predicted molar refractivity (Wildman–Crippen MR) is 120 cm³/mol. The van der Waals surface area contributed by atoms with Crippen LogP contribution in [0, 0.1) is 0 Å². The standard InChI is InChI=1S/C23H28N2O4S/c1-24(14-12-17-10-11-19(28-2)20(15-17)29-3)22(26)9-6-13-25-18-7-4-5-8-21(18)30-16-23(25)27/h4-5,7-8,10-11,15H,6,9,12-14,16H2,1-3H3. The molecule has 0 radical (unpaired) electrons.